The molecule has 0 spiro atoms. The van der Waals surface area contributed by atoms with Crippen molar-refractivity contribution in [1.82, 2.24) is 16.0 Å². The van der Waals surface area contributed by atoms with Crippen LogP contribution in [0.2, 0.25) is 0 Å². The highest BCUT2D eigenvalue weighted by atomic mass is 16.4. The van der Waals surface area contributed by atoms with Crippen molar-refractivity contribution < 1.29 is 34.5 Å². The van der Waals surface area contributed by atoms with E-state index in [0.717, 1.165) is 5.56 Å². The summed E-state index contributed by atoms with van der Waals surface area (Å²) >= 11 is 0. The Kier molecular flexibility index (Phi) is 10.1. The Balaban J connectivity index is 2.84. The second kappa shape index (κ2) is 12.0. The number of carbonyl (C=O) groups excluding carboxylic acids is 3. The fourth-order valence-corrected chi connectivity index (χ4v) is 2.79. The van der Waals surface area contributed by atoms with Gasteiger partial charge in [0, 0.05) is 0 Å². The second-order valence-corrected chi connectivity index (χ2v) is 8.00. The quantitative estimate of drug-likeness (QED) is 0.219. The van der Waals surface area contributed by atoms with Crippen molar-refractivity contribution in [1.29, 1.82) is 0 Å². The molecule has 3 amide bonds. The Morgan fingerprint density at radius 2 is 1.38 bits per heavy atom. The molecular weight excluding hydrogens is 420 g/mol. The molecule has 0 bridgehead atoms. The van der Waals surface area contributed by atoms with Gasteiger partial charge in [-0.1, -0.05) is 26.0 Å². The number of carboxylic acid groups (broad SMARTS) is 1. The van der Waals surface area contributed by atoms with E-state index in [-0.39, 0.29) is 18.1 Å². The number of hydrogen-bond donors (Lipinski definition) is 7. The number of aliphatic hydroxyl groups is 1. The molecule has 0 radical (unpaired) electrons. The minimum atomic E-state index is -1.42. The van der Waals surface area contributed by atoms with Gasteiger partial charge in [-0.3, -0.25) is 19.2 Å². The first kappa shape index (κ1) is 26.9. The highest BCUT2D eigenvalue weighted by Gasteiger charge is 2.33. The van der Waals surface area contributed by atoms with E-state index in [9.17, 15) is 29.4 Å². The fraction of sp³-hybridized carbons (Fsp3) is 0.524. The predicted molar refractivity (Wildman–Crippen MR) is 115 cm³/mol. The summed E-state index contributed by atoms with van der Waals surface area (Å²) in [4.78, 5) is 48.6. The Morgan fingerprint density at radius 1 is 0.875 bits per heavy atom. The summed E-state index contributed by atoms with van der Waals surface area (Å²) in [6, 6.07) is 1.51. The smallest absolute Gasteiger partial charge is 0.325 e. The molecule has 0 aliphatic heterocycles. The SMILES string of the molecule is CC(NC(=O)C(NC(=O)C(NC(=O)C(N)Cc1ccc(O)cc1)C(C)C)C(C)O)C(=O)O. The number of rotatable bonds is 11. The molecule has 0 saturated carbocycles. The van der Waals surface area contributed by atoms with Gasteiger partial charge in [0.05, 0.1) is 12.1 Å². The van der Waals surface area contributed by atoms with Gasteiger partial charge < -0.3 is 37.0 Å². The summed E-state index contributed by atoms with van der Waals surface area (Å²) < 4.78 is 0. The number of aliphatic carboxylic acids is 1. The van der Waals surface area contributed by atoms with Crippen LogP contribution in [0.5, 0.6) is 5.75 Å². The van der Waals surface area contributed by atoms with E-state index in [1.54, 1.807) is 26.0 Å². The normalized spacial score (nSPS) is 15.7. The molecule has 0 aliphatic carbocycles. The van der Waals surface area contributed by atoms with E-state index in [2.05, 4.69) is 16.0 Å². The van der Waals surface area contributed by atoms with Crippen molar-refractivity contribution in [2.24, 2.45) is 11.7 Å². The Morgan fingerprint density at radius 3 is 1.84 bits per heavy atom. The first-order valence-corrected chi connectivity index (χ1v) is 10.2. The highest BCUT2D eigenvalue weighted by molar-refractivity contribution is 5.94. The number of benzene rings is 1. The number of nitrogens with two attached hydrogens (primary N) is 1. The number of phenolic OH excluding ortho intramolecular Hbond substituents is 1. The lowest BCUT2D eigenvalue weighted by Crippen LogP contribution is -2.60. The molecule has 5 unspecified atom stereocenters. The number of nitrogens with one attached hydrogen (secondary N) is 3. The molecule has 0 saturated heterocycles. The van der Waals surface area contributed by atoms with E-state index in [4.69, 9.17) is 10.8 Å². The van der Waals surface area contributed by atoms with Gasteiger partial charge in [-0.25, -0.2) is 0 Å². The number of aromatic hydroxyl groups is 1. The first-order valence-electron chi connectivity index (χ1n) is 10.2. The number of amides is 3. The van der Waals surface area contributed by atoms with Crippen LogP contribution < -0.4 is 21.7 Å². The molecule has 1 aromatic carbocycles. The Hall–Kier alpha value is -3.18. The molecular formula is C21H32N4O7. The third kappa shape index (κ3) is 8.16. The zero-order valence-corrected chi connectivity index (χ0v) is 18.5. The van der Waals surface area contributed by atoms with Crippen LogP contribution in [0.4, 0.5) is 0 Å². The van der Waals surface area contributed by atoms with E-state index in [0.29, 0.717) is 0 Å². The lowest BCUT2D eigenvalue weighted by Gasteiger charge is -2.27. The Bertz CT molecular complexity index is 811. The first-order chi connectivity index (χ1) is 14.8. The van der Waals surface area contributed by atoms with E-state index in [1.165, 1.54) is 26.0 Å². The van der Waals surface area contributed by atoms with Crippen molar-refractivity contribution in [3.63, 3.8) is 0 Å². The monoisotopic (exact) mass is 452 g/mol. The van der Waals surface area contributed by atoms with Crippen molar-refractivity contribution in [3.8, 4) is 5.75 Å². The summed E-state index contributed by atoms with van der Waals surface area (Å²) in [5.74, 6) is -3.77. The summed E-state index contributed by atoms with van der Waals surface area (Å²) in [5.41, 5.74) is 6.67. The molecule has 8 N–H and O–H groups in total. The third-order valence-corrected chi connectivity index (χ3v) is 4.77. The van der Waals surface area contributed by atoms with E-state index in [1.807, 2.05) is 0 Å². The lowest BCUT2D eigenvalue weighted by atomic mass is 10.0. The minimum Gasteiger partial charge on any atom is -0.508 e. The topological polar surface area (TPSA) is 191 Å². The third-order valence-electron chi connectivity index (χ3n) is 4.77. The minimum absolute atomic E-state index is 0.0813. The van der Waals surface area contributed by atoms with Gasteiger partial charge in [0.25, 0.3) is 0 Å². The van der Waals surface area contributed by atoms with Crippen molar-refractivity contribution in [3.05, 3.63) is 29.8 Å². The molecule has 1 aromatic rings. The molecule has 0 fully saturated rings. The van der Waals surface area contributed by atoms with Crippen LogP contribution in [-0.4, -0.2) is 69.3 Å². The molecule has 178 valence electrons. The molecule has 32 heavy (non-hydrogen) atoms. The lowest BCUT2D eigenvalue weighted by molar-refractivity contribution is -0.142. The summed E-state index contributed by atoms with van der Waals surface area (Å²) in [7, 11) is 0. The maximum absolute atomic E-state index is 12.8. The van der Waals surface area contributed by atoms with Gasteiger partial charge >= 0.3 is 5.97 Å². The molecule has 11 heteroatoms. The number of aliphatic hydroxyl groups excluding tert-OH is 1. The van der Waals surface area contributed by atoms with E-state index >= 15 is 0 Å². The highest BCUT2D eigenvalue weighted by Crippen LogP contribution is 2.11. The summed E-state index contributed by atoms with van der Waals surface area (Å²) in [5, 5.41) is 35.3. The van der Waals surface area contributed by atoms with Gasteiger partial charge in [-0.2, -0.15) is 0 Å². The number of carboxylic acids is 1. The number of hydrogen-bond acceptors (Lipinski definition) is 7. The molecule has 5 atom stereocenters. The van der Waals surface area contributed by atoms with Crippen LogP contribution in [0.3, 0.4) is 0 Å². The van der Waals surface area contributed by atoms with Gasteiger partial charge in [-0.15, -0.1) is 0 Å². The maximum atomic E-state index is 12.8. The van der Waals surface area contributed by atoms with Gasteiger partial charge in [-0.05, 0) is 43.9 Å². The van der Waals surface area contributed by atoms with Crippen LogP contribution in [0.25, 0.3) is 0 Å². The standard InChI is InChI=1S/C21H32N4O7/c1-10(2)16(24-18(28)15(22)9-13-5-7-14(27)8-6-13)19(29)25-17(12(4)26)20(30)23-11(3)21(31)32/h5-8,10-12,15-17,26-27H,9,22H2,1-4H3,(H,23,30)(H,24,28)(H,25,29)(H,31,32). The number of carbonyl (C=O) groups is 4. The summed E-state index contributed by atoms with van der Waals surface area (Å²) in [6.45, 7) is 5.88. The fourth-order valence-electron chi connectivity index (χ4n) is 2.79. The van der Waals surface area contributed by atoms with Crippen LogP contribution in [0.1, 0.15) is 33.3 Å². The van der Waals surface area contributed by atoms with E-state index < -0.39 is 54.0 Å². The average Bonchev–Trinajstić information content (AvgIpc) is 2.70. The second-order valence-electron chi connectivity index (χ2n) is 8.00. The predicted octanol–water partition coefficient (Wildman–Crippen LogP) is -1.14. The van der Waals surface area contributed by atoms with Crippen LogP contribution >= 0.6 is 0 Å². The van der Waals surface area contributed by atoms with Crippen LogP contribution in [0.15, 0.2) is 24.3 Å². The molecule has 11 nitrogen and oxygen atoms in total. The largest absolute Gasteiger partial charge is 0.508 e. The van der Waals surface area contributed by atoms with Crippen molar-refractivity contribution in [2.75, 3.05) is 0 Å². The zero-order chi connectivity index (χ0) is 24.6. The molecule has 1 rings (SSSR count). The number of phenols is 1. The molecule has 0 aromatic heterocycles. The van der Waals surface area contributed by atoms with Crippen molar-refractivity contribution >= 4 is 23.7 Å². The average molecular weight is 453 g/mol. The maximum Gasteiger partial charge on any atom is 0.325 e. The molecule has 0 aliphatic rings. The summed E-state index contributed by atoms with van der Waals surface area (Å²) in [6.07, 6.45) is -1.15. The molecule has 0 heterocycles. The van der Waals surface area contributed by atoms with Crippen LogP contribution in [0, 0.1) is 5.92 Å². The van der Waals surface area contributed by atoms with Crippen molar-refractivity contribution in [2.45, 2.75) is 64.4 Å². The van der Waals surface area contributed by atoms with Gasteiger partial charge in [0.2, 0.25) is 17.7 Å². The van der Waals surface area contributed by atoms with Crippen LogP contribution in [-0.2, 0) is 25.6 Å². The zero-order valence-electron chi connectivity index (χ0n) is 18.5. The van der Waals surface area contributed by atoms with Gasteiger partial charge in [0.1, 0.15) is 23.9 Å². The Labute approximate surface area is 186 Å². The van der Waals surface area contributed by atoms with Gasteiger partial charge in [0.15, 0.2) is 0 Å².